The van der Waals surface area contributed by atoms with E-state index in [0.29, 0.717) is 4.90 Å². The van der Waals surface area contributed by atoms with Crippen molar-refractivity contribution in [1.29, 1.82) is 0 Å². The highest BCUT2D eigenvalue weighted by atomic mass is 35.5. The number of rotatable bonds is 6. The molecule has 16 heteroatoms. The molecule has 206 valence electrons. The maximum Gasteiger partial charge on any atom is 0.305 e. The number of halogens is 4. The first-order chi connectivity index (χ1) is 17.7. The third-order valence-electron chi connectivity index (χ3n) is 5.38. The molecule has 1 fully saturated rings. The minimum absolute atomic E-state index is 0.299. The van der Waals surface area contributed by atoms with Gasteiger partial charge in [-0.1, -0.05) is 46.4 Å². The quantitative estimate of drug-likeness (QED) is 0.153. The van der Waals surface area contributed by atoms with Crippen LogP contribution in [0, 0.1) is 0 Å². The van der Waals surface area contributed by atoms with Crippen molar-refractivity contribution < 1.29 is 52.5 Å². The van der Waals surface area contributed by atoms with Gasteiger partial charge in [-0.05, 0) is 0 Å². The molecule has 12 nitrogen and oxygen atoms in total. The first-order valence-electron chi connectivity index (χ1n) is 10.7. The van der Waals surface area contributed by atoms with Gasteiger partial charge in [-0.15, -0.1) is 0 Å². The lowest BCUT2D eigenvalue weighted by molar-refractivity contribution is -0.278. The van der Waals surface area contributed by atoms with Crippen LogP contribution in [0.15, 0.2) is 0 Å². The summed E-state index contributed by atoms with van der Waals surface area (Å²) < 4.78 is 26.6. The van der Waals surface area contributed by atoms with E-state index in [1.54, 1.807) is 0 Å². The number of benzene rings is 1. The number of fused-ring (bicyclic) bond motifs is 1. The van der Waals surface area contributed by atoms with Crippen LogP contribution in [0.25, 0.3) is 0 Å². The second-order valence-corrected chi connectivity index (χ2v) is 9.59. The van der Waals surface area contributed by atoms with Gasteiger partial charge < -0.3 is 23.7 Å². The van der Waals surface area contributed by atoms with Crippen LogP contribution in [-0.2, 0) is 42.9 Å². The van der Waals surface area contributed by atoms with E-state index >= 15 is 0 Å². The number of carbonyl (C=O) groups excluding carboxylic acids is 6. The second kappa shape index (κ2) is 11.6. The van der Waals surface area contributed by atoms with Gasteiger partial charge in [0, 0.05) is 27.7 Å². The number of nitrogens with zero attached hydrogens (tertiary/aromatic N) is 1. The number of carbonyl (C=O) groups is 6. The fourth-order valence-electron chi connectivity index (χ4n) is 4.05. The SMILES string of the molecule is CC(=O)OC[C@H]1OC(OC(C)=O)C(N2C(=O)c3c(Cl)c(Cl)c(Cl)c(Cl)c3C2=O)[C@@H](OC(C)=O)[C@@H]1OC(C)=O. The summed E-state index contributed by atoms with van der Waals surface area (Å²) in [5.74, 6) is -5.59. The van der Waals surface area contributed by atoms with Gasteiger partial charge in [-0.2, -0.15) is 0 Å². The number of esters is 4. The molecular weight excluding hydrogens is 596 g/mol. The fourth-order valence-corrected chi connectivity index (χ4v) is 5.07. The summed E-state index contributed by atoms with van der Waals surface area (Å²) in [6.07, 6.45) is -6.38. The predicted octanol–water partition coefficient (Wildman–Crippen LogP) is 2.98. The van der Waals surface area contributed by atoms with Crippen molar-refractivity contribution >= 4 is 82.1 Å². The van der Waals surface area contributed by atoms with Crippen LogP contribution in [0.3, 0.4) is 0 Å². The van der Waals surface area contributed by atoms with Crippen molar-refractivity contribution in [1.82, 2.24) is 4.90 Å². The molecule has 2 amide bonds. The molecule has 2 heterocycles. The van der Waals surface area contributed by atoms with Crippen LogP contribution in [0.4, 0.5) is 0 Å². The number of hydrogen-bond acceptors (Lipinski definition) is 11. The van der Waals surface area contributed by atoms with Crippen LogP contribution >= 0.6 is 46.4 Å². The Morgan fingerprint density at radius 3 is 1.58 bits per heavy atom. The van der Waals surface area contributed by atoms with Crippen LogP contribution in [0.2, 0.25) is 20.1 Å². The molecular formula is C22H19Cl4NO11. The Hall–Kier alpha value is -2.64. The van der Waals surface area contributed by atoms with Gasteiger partial charge in [-0.25, -0.2) is 0 Å². The first-order valence-corrected chi connectivity index (χ1v) is 12.2. The summed E-state index contributed by atoms with van der Waals surface area (Å²) in [7, 11) is 0. The Labute approximate surface area is 235 Å². The van der Waals surface area contributed by atoms with Gasteiger partial charge in [0.25, 0.3) is 11.8 Å². The standard InChI is InChI=1S/C22H19Cl4NO11/c1-6(28)34-5-10-18(35-7(2)29)19(36-8(3)30)17(22(38-10)37-9(4)31)27-20(32)11-12(21(27)33)14(24)16(26)15(25)13(11)23/h10,17-19,22H,5H2,1-4H3/t10-,17?,18-,19-,22?/m1/s1. The summed E-state index contributed by atoms with van der Waals surface area (Å²) in [4.78, 5) is 75.2. The molecule has 0 saturated carbocycles. The van der Waals surface area contributed by atoms with Crippen molar-refractivity contribution in [2.45, 2.75) is 58.3 Å². The Balaban J connectivity index is 2.21. The number of hydrogen-bond donors (Lipinski definition) is 0. The molecule has 2 aliphatic rings. The summed E-state index contributed by atoms with van der Waals surface area (Å²) in [6, 6.07) is -1.74. The second-order valence-electron chi connectivity index (χ2n) is 8.08. The first kappa shape index (κ1) is 29.9. The molecule has 0 N–H and O–H groups in total. The van der Waals surface area contributed by atoms with Crippen LogP contribution < -0.4 is 0 Å². The van der Waals surface area contributed by atoms with Gasteiger partial charge in [0.2, 0.25) is 6.29 Å². The third-order valence-corrected chi connectivity index (χ3v) is 7.18. The van der Waals surface area contributed by atoms with E-state index < -0.39 is 84.1 Å². The molecule has 1 aromatic carbocycles. The average Bonchev–Trinajstić information content (AvgIpc) is 3.06. The summed E-state index contributed by atoms with van der Waals surface area (Å²) in [6.45, 7) is 3.61. The number of ether oxygens (including phenoxy) is 5. The lowest BCUT2D eigenvalue weighted by Crippen LogP contribution is -2.67. The van der Waals surface area contributed by atoms with E-state index in [9.17, 15) is 28.8 Å². The monoisotopic (exact) mass is 613 g/mol. The van der Waals surface area contributed by atoms with Crippen LogP contribution in [0.5, 0.6) is 0 Å². The topological polar surface area (TPSA) is 152 Å². The van der Waals surface area contributed by atoms with Gasteiger partial charge in [-0.3, -0.25) is 33.7 Å². The molecule has 0 aromatic heterocycles. The highest BCUT2D eigenvalue weighted by Gasteiger charge is 2.59. The molecule has 1 saturated heterocycles. The zero-order chi connectivity index (χ0) is 28.6. The van der Waals surface area contributed by atoms with Crippen LogP contribution in [-0.4, -0.2) is 77.8 Å². The molecule has 38 heavy (non-hydrogen) atoms. The molecule has 2 unspecified atom stereocenters. The third kappa shape index (κ3) is 5.69. The molecule has 0 aliphatic carbocycles. The molecule has 0 spiro atoms. The Morgan fingerprint density at radius 2 is 1.16 bits per heavy atom. The normalized spacial score (nSPS) is 24.5. The summed E-state index contributed by atoms with van der Waals surface area (Å²) in [5, 5.41) is -1.36. The zero-order valence-corrected chi connectivity index (χ0v) is 23.1. The fraction of sp³-hybridized carbons (Fsp3) is 0.455. The van der Waals surface area contributed by atoms with Crippen molar-refractivity contribution in [2.24, 2.45) is 0 Å². The molecule has 0 bridgehead atoms. The van der Waals surface area contributed by atoms with E-state index in [1.165, 1.54) is 0 Å². The lowest BCUT2D eigenvalue weighted by Gasteiger charge is -2.46. The van der Waals surface area contributed by atoms with E-state index in [4.69, 9.17) is 70.1 Å². The molecule has 5 atom stereocenters. The highest BCUT2D eigenvalue weighted by Crippen LogP contribution is 2.46. The van der Waals surface area contributed by atoms with Gasteiger partial charge in [0.1, 0.15) is 18.8 Å². The van der Waals surface area contributed by atoms with Crippen molar-refractivity contribution in [3.63, 3.8) is 0 Å². The average molecular weight is 615 g/mol. The predicted molar refractivity (Wildman–Crippen MR) is 129 cm³/mol. The Bertz CT molecular complexity index is 1190. The molecule has 2 aliphatic heterocycles. The number of amides is 2. The largest absolute Gasteiger partial charge is 0.463 e. The molecule has 3 rings (SSSR count). The van der Waals surface area contributed by atoms with Gasteiger partial charge in [0.05, 0.1) is 31.2 Å². The molecule has 0 radical (unpaired) electrons. The summed E-state index contributed by atoms with van der Waals surface area (Å²) in [5.41, 5.74) is -0.824. The van der Waals surface area contributed by atoms with Crippen molar-refractivity contribution in [3.8, 4) is 0 Å². The molecule has 1 aromatic rings. The van der Waals surface area contributed by atoms with E-state index in [0.717, 1.165) is 27.7 Å². The maximum absolute atomic E-state index is 13.6. The highest BCUT2D eigenvalue weighted by molar-refractivity contribution is 6.55. The van der Waals surface area contributed by atoms with Crippen molar-refractivity contribution in [2.75, 3.05) is 6.61 Å². The van der Waals surface area contributed by atoms with E-state index in [1.807, 2.05) is 0 Å². The minimum atomic E-state index is -1.80. The Kier molecular flexibility index (Phi) is 9.15. The van der Waals surface area contributed by atoms with Gasteiger partial charge in [0.15, 0.2) is 12.2 Å². The maximum atomic E-state index is 13.6. The van der Waals surface area contributed by atoms with Crippen LogP contribution in [0.1, 0.15) is 48.4 Å². The number of imide groups is 1. The van der Waals surface area contributed by atoms with E-state index in [2.05, 4.69) is 0 Å². The summed E-state index contributed by atoms with van der Waals surface area (Å²) >= 11 is 24.6. The Morgan fingerprint density at radius 1 is 0.711 bits per heavy atom. The van der Waals surface area contributed by atoms with E-state index in [-0.39, 0.29) is 20.1 Å². The lowest BCUT2D eigenvalue weighted by atomic mass is 9.94. The van der Waals surface area contributed by atoms with Gasteiger partial charge >= 0.3 is 23.9 Å². The smallest absolute Gasteiger partial charge is 0.305 e. The zero-order valence-electron chi connectivity index (χ0n) is 20.0. The minimum Gasteiger partial charge on any atom is -0.463 e. The van der Waals surface area contributed by atoms with Crippen molar-refractivity contribution in [3.05, 3.63) is 31.2 Å².